The van der Waals surface area contributed by atoms with Crippen molar-refractivity contribution in [1.29, 1.82) is 0 Å². The highest BCUT2D eigenvalue weighted by Crippen LogP contribution is 2.43. The quantitative estimate of drug-likeness (QED) is 0.0126. The number of aliphatic hydroxyl groups excluding tert-OH is 2. The Morgan fingerprint density at radius 1 is 0.571 bits per heavy atom. The molecule has 5 N–H and O–H groups in total. The van der Waals surface area contributed by atoms with Crippen LogP contribution >= 0.6 is 15.6 Å². The molecule has 0 aromatic carbocycles. The number of esters is 2. The van der Waals surface area contributed by atoms with Crippen molar-refractivity contribution in [3.8, 4) is 0 Å². The Labute approximate surface area is 380 Å². The first-order valence-electron chi connectivity index (χ1n) is 23.8. The third-order valence-corrected chi connectivity index (χ3v) is 11.8. The fourth-order valence-electron chi connectivity index (χ4n) is 6.31. The van der Waals surface area contributed by atoms with Crippen molar-refractivity contribution in [2.45, 2.75) is 206 Å². The lowest BCUT2D eigenvalue weighted by molar-refractivity contribution is -0.161. The highest BCUT2D eigenvalue weighted by atomic mass is 31.2. The number of aliphatic hydroxyl groups is 2. The minimum Gasteiger partial charge on any atom is -0.462 e. The summed E-state index contributed by atoms with van der Waals surface area (Å²) in [5.74, 6) is -0.262. The van der Waals surface area contributed by atoms with E-state index in [1.807, 2.05) is 42.5 Å². The van der Waals surface area contributed by atoms with E-state index in [1.165, 1.54) is 77.0 Å². The maximum absolute atomic E-state index is 12.7. The molecular weight excluding hydrogens is 850 g/mol. The van der Waals surface area contributed by atoms with Crippen LogP contribution < -0.4 is 0 Å². The first-order valence-corrected chi connectivity index (χ1v) is 26.9. The molecule has 0 spiro atoms. The predicted octanol–water partition coefficient (Wildman–Crippen LogP) is 11.4. The molecule has 14 nitrogen and oxygen atoms in total. The van der Waals surface area contributed by atoms with Crippen molar-refractivity contribution in [1.82, 2.24) is 0 Å². The van der Waals surface area contributed by atoms with Gasteiger partial charge in [-0.2, -0.15) is 0 Å². The van der Waals surface area contributed by atoms with Crippen molar-refractivity contribution < 1.29 is 66.7 Å². The molecule has 0 amide bonds. The number of phosphoric ester groups is 2. The minimum absolute atomic E-state index is 0.0357. The van der Waals surface area contributed by atoms with Crippen LogP contribution in [0.25, 0.3) is 0 Å². The van der Waals surface area contributed by atoms with Crippen molar-refractivity contribution >= 4 is 27.6 Å². The van der Waals surface area contributed by atoms with Gasteiger partial charge >= 0.3 is 27.6 Å². The molecule has 16 heteroatoms. The summed E-state index contributed by atoms with van der Waals surface area (Å²) >= 11 is 0. The average Bonchev–Trinajstić information content (AvgIpc) is 3.24. The lowest BCUT2D eigenvalue weighted by Crippen LogP contribution is -2.29. The van der Waals surface area contributed by atoms with Crippen molar-refractivity contribution in [2.75, 3.05) is 26.4 Å². The van der Waals surface area contributed by atoms with E-state index < -0.39 is 72.3 Å². The van der Waals surface area contributed by atoms with E-state index in [2.05, 4.69) is 29.8 Å². The Bertz CT molecular complexity index is 1330. The largest absolute Gasteiger partial charge is 0.472 e. The molecule has 0 fully saturated rings. The van der Waals surface area contributed by atoms with E-state index in [4.69, 9.17) is 23.8 Å². The van der Waals surface area contributed by atoms with Crippen molar-refractivity contribution in [3.63, 3.8) is 0 Å². The SMILES string of the molecule is CCCCC[C@H](O)/C=C/C=C\C/C=C\C/C=C\CCCC(=O)O[C@H](COC(=O)CCCCCCCCCCCCCCCCC(C)CC)COP(=O)(O)OC[C@@H](O)COP(=O)(O)O. The smallest absolute Gasteiger partial charge is 0.462 e. The summed E-state index contributed by atoms with van der Waals surface area (Å²) < 4.78 is 47.8. The summed E-state index contributed by atoms with van der Waals surface area (Å²) in [6, 6.07) is 0. The lowest BCUT2D eigenvalue weighted by Gasteiger charge is -2.20. The maximum atomic E-state index is 12.7. The molecule has 0 aromatic rings. The van der Waals surface area contributed by atoms with Gasteiger partial charge in [-0.05, 0) is 44.4 Å². The zero-order valence-corrected chi connectivity index (χ0v) is 40.7. The van der Waals surface area contributed by atoms with Gasteiger partial charge in [0.1, 0.15) is 12.7 Å². The highest BCUT2D eigenvalue weighted by molar-refractivity contribution is 7.47. The minimum atomic E-state index is -4.88. The van der Waals surface area contributed by atoms with Gasteiger partial charge < -0.3 is 34.4 Å². The molecule has 0 saturated heterocycles. The molecule has 0 aliphatic rings. The zero-order valence-electron chi connectivity index (χ0n) is 38.9. The summed E-state index contributed by atoms with van der Waals surface area (Å²) in [7, 11) is -9.71. The first-order chi connectivity index (χ1) is 30.2. The summed E-state index contributed by atoms with van der Waals surface area (Å²) in [5, 5.41) is 19.7. The first kappa shape index (κ1) is 61.0. The number of hydrogen-bond donors (Lipinski definition) is 5. The Balaban J connectivity index is 4.58. The van der Waals surface area contributed by atoms with Crippen LogP contribution in [0.5, 0.6) is 0 Å². The van der Waals surface area contributed by atoms with Crippen LogP contribution in [0.15, 0.2) is 48.6 Å². The number of phosphoric acid groups is 2. The van der Waals surface area contributed by atoms with Gasteiger partial charge in [-0.25, -0.2) is 9.13 Å². The summed E-state index contributed by atoms with van der Waals surface area (Å²) in [6.07, 6.45) is 38.6. The molecule has 2 unspecified atom stereocenters. The molecule has 0 aliphatic heterocycles. The number of carbonyl (C=O) groups is 2. The van der Waals surface area contributed by atoms with Gasteiger partial charge in [-0.1, -0.05) is 185 Å². The van der Waals surface area contributed by atoms with Crippen LogP contribution in [-0.2, 0) is 41.8 Å². The fraction of sp³-hybridized carbons (Fsp3) is 0.787. The number of hydrogen-bond acceptors (Lipinski definition) is 11. The molecule has 63 heavy (non-hydrogen) atoms. The van der Waals surface area contributed by atoms with E-state index in [9.17, 15) is 33.8 Å². The number of unbranched alkanes of at least 4 members (excludes halogenated alkanes) is 16. The second kappa shape index (κ2) is 41.5. The van der Waals surface area contributed by atoms with Gasteiger partial charge in [-0.15, -0.1) is 0 Å². The molecular formula is C47H86O14P2. The molecule has 0 heterocycles. The second-order valence-electron chi connectivity index (χ2n) is 16.5. The van der Waals surface area contributed by atoms with Gasteiger partial charge in [-0.3, -0.25) is 23.2 Å². The molecule has 0 aliphatic carbocycles. The van der Waals surface area contributed by atoms with Gasteiger partial charge in [0.25, 0.3) is 0 Å². The predicted molar refractivity (Wildman–Crippen MR) is 250 cm³/mol. The Kier molecular flexibility index (Phi) is 40.2. The van der Waals surface area contributed by atoms with Gasteiger partial charge in [0, 0.05) is 12.8 Å². The summed E-state index contributed by atoms with van der Waals surface area (Å²) in [6.45, 7) is 3.94. The van der Waals surface area contributed by atoms with E-state index in [0.717, 1.165) is 63.7 Å². The third kappa shape index (κ3) is 45.0. The van der Waals surface area contributed by atoms with Crippen molar-refractivity contribution in [3.05, 3.63) is 48.6 Å². The van der Waals surface area contributed by atoms with Crippen LogP contribution in [0.3, 0.4) is 0 Å². The molecule has 0 bridgehead atoms. The average molecular weight is 937 g/mol. The van der Waals surface area contributed by atoms with Gasteiger partial charge in [0.15, 0.2) is 6.10 Å². The normalized spacial score (nSPS) is 15.4. The van der Waals surface area contributed by atoms with E-state index >= 15 is 0 Å². The molecule has 5 atom stereocenters. The lowest BCUT2D eigenvalue weighted by atomic mass is 9.99. The van der Waals surface area contributed by atoms with Gasteiger partial charge in [0.2, 0.25) is 0 Å². The molecule has 368 valence electrons. The van der Waals surface area contributed by atoms with Crippen LogP contribution in [0.2, 0.25) is 0 Å². The molecule has 0 rings (SSSR count). The Morgan fingerprint density at radius 2 is 1.10 bits per heavy atom. The molecule has 0 aromatic heterocycles. The Morgan fingerprint density at radius 3 is 1.70 bits per heavy atom. The van der Waals surface area contributed by atoms with Gasteiger partial charge in [0.05, 0.1) is 25.9 Å². The van der Waals surface area contributed by atoms with Crippen LogP contribution in [0.4, 0.5) is 0 Å². The summed E-state index contributed by atoms with van der Waals surface area (Å²) in [4.78, 5) is 52.8. The van der Waals surface area contributed by atoms with E-state index in [0.29, 0.717) is 19.3 Å². The zero-order chi connectivity index (χ0) is 46.9. The second-order valence-corrected chi connectivity index (χ2v) is 19.2. The standard InChI is InChI=1S/C47H86O14P2/c1-4-6-28-34-43(48)35-30-25-21-17-13-11-15-19-23-27-32-37-47(51)61-45(41-60-63(55,56)59-39-44(49)38-58-62(52,53)54)40-57-46(50)36-31-26-22-18-14-10-8-7-9-12-16-20-24-29-33-42(3)5-2/h11,13,19,21,23,25,30,35,42-45,48-49H,4-10,12,14-18,20,22,24,26-29,31-34,36-41H2,1-3H3,(H,55,56)(H2,52,53,54)/b13-11-,23-19-,25-21-,35-30+/t42?,43-,44-,45+/m0/s1. The molecule has 0 radical (unpaired) electrons. The summed E-state index contributed by atoms with van der Waals surface area (Å²) in [5.41, 5.74) is 0. The third-order valence-electron chi connectivity index (χ3n) is 10.4. The van der Waals surface area contributed by atoms with Crippen LogP contribution in [-0.4, -0.2) is 81.6 Å². The topological polar surface area (TPSA) is 216 Å². The van der Waals surface area contributed by atoms with Crippen molar-refractivity contribution in [2.24, 2.45) is 5.92 Å². The number of carbonyl (C=O) groups excluding carboxylic acids is 2. The Hall–Kier alpha value is -1.96. The number of rotatable bonds is 44. The number of ether oxygens (including phenoxy) is 2. The van der Waals surface area contributed by atoms with Crippen LogP contribution in [0, 0.1) is 5.92 Å². The van der Waals surface area contributed by atoms with E-state index in [-0.39, 0.29) is 12.8 Å². The monoisotopic (exact) mass is 937 g/mol. The molecule has 0 saturated carbocycles. The maximum Gasteiger partial charge on any atom is 0.472 e. The van der Waals surface area contributed by atoms with Crippen LogP contribution in [0.1, 0.15) is 188 Å². The number of allylic oxidation sites excluding steroid dienone is 7. The highest BCUT2D eigenvalue weighted by Gasteiger charge is 2.28. The fourth-order valence-corrected chi connectivity index (χ4v) is 7.47. The van der Waals surface area contributed by atoms with E-state index in [1.54, 1.807) is 6.08 Å².